The fourth-order valence-corrected chi connectivity index (χ4v) is 1.93. The molecule has 20 heavy (non-hydrogen) atoms. The summed E-state index contributed by atoms with van der Waals surface area (Å²) in [6, 6.07) is 11.4. The van der Waals surface area contributed by atoms with Crippen molar-refractivity contribution in [3.63, 3.8) is 0 Å². The molecule has 0 spiro atoms. The van der Waals surface area contributed by atoms with Crippen LogP contribution in [0.1, 0.15) is 22.5 Å². The highest BCUT2D eigenvalue weighted by atomic mass is 16.5. The van der Waals surface area contributed by atoms with Crippen molar-refractivity contribution in [2.24, 2.45) is 0 Å². The molecule has 1 heterocycles. The SMILES string of the molecule is Cc1onc(-c2ccccc2)c1C(=O)N(C)CCC#N. The summed E-state index contributed by atoms with van der Waals surface area (Å²) in [5, 5.41) is 12.6. The van der Waals surface area contributed by atoms with Crippen LogP contribution in [0.5, 0.6) is 0 Å². The Morgan fingerprint density at radius 1 is 1.40 bits per heavy atom. The van der Waals surface area contributed by atoms with Crippen molar-refractivity contribution in [3.8, 4) is 17.3 Å². The number of carbonyl (C=O) groups excluding carboxylic acids is 1. The molecule has 2 aromatic rings. The first kappa shape index (κ1) is 13.8. The molecule has 0 N–H and O–H groups in total. The van der Waals surface area contributed by atoms with Crippen LogP contribution in [0.3, 0.4) is 0 Å². The van der Waals surface area contributed by atoms with Gasteiger partial charge in [-0.25, -0.2) is 0 Å². The summed E-state index contributed by atoms with van der Waals surface area (Å²) in [6.45, 7) is 2.10. The maximum atomic E-state index is 12.4. The van der Waals surface area contributed by atoms with Gasteiger partial charge in [-0.1, -0.05) is 35.5 Å². The van der Waals surface area contributed by atoms with E-state index in [9.17, 15) is 4.79 Å². The van der Waals surface area contributed by atoms with Gasteiger partial charge in [0.25, 0.3) is 5.91 Å². The van der Waals surface area contributed by atoms with E-state index in [1.54, 1.807) is 14.0 Å². The molecule has 0 bridgehead atoms. The van der Waals surface area contributed by atoms with Crippen LogP contribution in [0, 0.1) is 18.3 Å². The second kappa shape index (κ2) is 6.02. The van der Waals surface area contributed by atoms with Crippen LogP contribution in [0.4, 0.5) is 0 Å². The minimum absolute atomic E-state index is 0.183. The first-order valence-corrected chi connectivity index (χ1v) is 6.29. The molecule has 1 amide bonds. The summed E-state index contributed by atoms with van der Waals surface area (Å²) in [5.41, 5.74) is 1.83. The monoisotopic (exact) mass is 269 g/mol. The third-order valence-corrected chi connectivity index (χ3v) is 3.03. The third-order valence-electron chi connectivity index (χ3n) is 3.03. The van der Waals surface area contributed by atoms with E-state index in [1.807, 2.05) is 36.4 Å². The number of nitriles is 1. The number of benzene rings is 1. The molecule has 0 fully saturated rings. The molecule has 5 heteroatoms. The van der Waals surface area contributed by atoms with E-state index >= 15 is 0 Å². The predicted molar refractivity (Wildman–Crippen MR) is 73.9 cm³/mol. The number of hydrogen-bond donors (Lipinski definition) is 0. The Morgan fingerprint density at radius 3 is 2.75 bits per heavy atom. The Hall–Kier alpha value is -2.61. The summed E-state index contributed by atoms with van der Waals surface area (Å²) in [6.07, 6.45) is 0.299. The van der Waals surface area contributed by atoms with Gasteiger partial charge in [0.15, 0.2) is 0 Å². The number of hydrogen-bond acceptors (Lipinski definition) is 4. The van der Waals surface area contributed by atoms with Gasteiger partial charge in [0.2, 0.25) is 0 Å². The van der Waals surface area contributed by atoms with Gasteiger partial charge < -0.3 is 9.42 Å². The average Bonchev–Trinajstić information content (AvgIpc) is 2.86. The maximum absolute atomic E-state index is 12.4. The van der Waals surface area contributed by atoms with Gasteiger partial charge in [-0.05, 0) is 6.92 Å². The molecular weight excluding hydrogens is 254 g/mol. The van der Waals surface area contributed by atoms with Crippen molar-refractivity contribution in [2.45, 2.75) is 13.3 Å². The normalized spacial score (nSPS) is 10.1. The fraction of sp³-hybridized carbons (Fsp3) is 0.267. The highest BCUT2D eigenvalue weighted by Gasteiger charge is 2.23. The van der Waals surface area contributed by atoms with E-state index in [0.29, 0.717) is 30.0 Å². The Labute approximate surface area is 117 Å². The minimum atomic E-state index is -0.183. The van der Waals surface area contributed by atoms with E-state index in [-0.39, 0.29) is 5.91 Å². The Morgan fingerprint density at radius 2 is 2.10 bits per heavy atom. The van der Waals surface area contributed by atoms with Gasteiger partial charge in [-0.2, -0.15) is 5.26 Å². The average molecular weight is 269 g/mol. The molecule has 102 valence electrons. The maximum Gasteiger partial charge on any atom is 0.259 e. The number of aryl methyl sites for hydroxylation is 1. The largest absolute Gasteiger partial charge is 0.360 e. The van der Waals surface area contributed by atoms with Crippen LogP contribution >= 0.6 is 0 Å². The fourth-order valence-electron chi connectivity index (χ4n) is 1.93. The molecule has 0 unspecified atom stereocenters. The lowest BCUT2D eigenvalue weighted by atomic mass is 10.1. The Kier molecular flexibility index (Phi) is 4.16. The lowest BCUT2D eigenvalue weighted by molar-refractivity contribution is 0.0797. The van der Waals surface area contributed by atoms with E-state index in [4.69, 9.17) is 9.78 Å². The molecule has 1 aromatic heterocycles. The zero-order valence-electron chi connectivity index (χ0n) is 11.5. The van der Waals surface area contributed by atoms with Crippen LogP contribution in [-0.4, -0.2) is 29.6 Å². The highest BCUT2D eigenvalue weighted by Crippen LogP contribution is 2.26. The van der Waals surface area contributed by atoms with Crippen LogP contribution in [0.15, 0.2) is 34.9 Å². The molecule has 2 rings (SSSR count). The van der Waals surface area contributed by atoms with E-state index < -0.39 is 0 Å². The number of amides is 1. The van der Waals surface area contributed by atoms with Gasteiger partial charge in [0.1, 0.15) is 17.0 Å². The Bertz CT molecular complexity index is 641. The molecular formula is C15H15N3O2. The Balaban J connectivity index is 2.35. The standard InChI is InChI=1S/C15H15N3O2/c1-11-13(15(19)18(2)10-6-9-16)14(17-20-11)12-7-4-3-5-8-12/h3-5,7-8H,6,10H2,1-2H3. The summed E-state index contributed by atoms with van der Waals surface area (Å²) in [5.74, 6) is 0.301. The molecule has 0 atom stereocenters. The molecule has 0 saturated carbocycles. The highest BCUT2D eigenvalue weighted by molar-refractivity contribution is 6.00. The minimum Gasteiger partial charge on any atom is -0.360 e. The van der Waals surface area contributed by atoms with Crippen LogP contribution in [0.25, 0.3) is 11.3 Å². The first-order chi connectivity index (χ1) is 9.65. The molecule has 0 aliphatic rings. The van der Waals surface area contributed by atoms with Crippen molar-refractivity contribution < 1.29 is 9.32 Å². The second-order valence-corrected chi connectivity index (χ2v) is 4.46. The molecule has 0 aliphatic carbocycles. The zero-order valence-corrected chi connectivity index (χ0v) is 11.5. The van der Waals surface area contributed by atoms with Gasteiger partial charge in [-0.3, -0.25) is 4.79 Å². The van der Waals surface area contributed by atoms with Gasteiger partial charge in [0.05, 0.1) is 12.5 Å². The number of rotatable bonds is 4. The second-order valence-electron chi connectivity index (χ2n) is 4.46. The van der Waals surface area contributed by atoms with E-state index in [0.717, 1.165) is 5.56 Å². The van der Waals surface area contributed by atoms with Crippen molar-refractivity contribution >= 4 is 5.91 Å². The lowest BCUT2D eigenvalue weighted by Crippen LogP contribution is -2.28. The van der Waals surface area contributed by atoms with Crippen molar-refractivity contribution in [1.82, 2.24) is 10.1 Å². The number of carbonyl (C=O) groups is 1. The molecule has 0 aliphatic heterocycles. The van der Waals surface area contributed by atoms with Gasteiger partial charge in [0, 0.05) is 19.2 Å². The summed E-state index contributed by atoms with van der Waals surface area (Å²) < 4.78 is 5.16. The summed E-state index contributed by atoms with van der Waals surface area (Å²) >= 11 is 0. The lowest BCUT2D eigenvalue weighted by Gasteiger charge is -2.15. The molecule has 0 radical (unpaired) electrons. The van der Waals surface area contributed by atoms with Crippen LogP contribution < -0.4 is 0 Å². The molecule has 0 saturated heterocycles. The quantitative estimate of drug-likeness (QED) is 0.855. The summed E-state index contributed by atoms with van der Waals surface area (Å²) in [7, 11) is 1.67. The zero-order chi connectivity index (χ0) is 14.5. The van der Waals surface area contributed by atoms with Gasteiger partial charge in [-0.15, -0.1) is 0 Å². The molecule has 1 aromatic carbocycles. The third kappa shape index (κ3) is 2.69. The smallest absolute Gasteiger partial charge is 0.259 e. The van der Waals surface area contributed by atoms with Crippen LogP contribution in [-0.2, 0) is 0 Å². The van der Waals surface area contributed by atoms with E-state index in [1.165, 1.54) is 4.90 Å². The summed E-state index contributed by atoms with van der Waals surface area (Å²) in [4.78, 5) is 14.0. The van der Waals surface area contributed by atoms with E-state index in [2.05, 4.69) is 5.16 Å². The number of aromatic nitrogens is 1. The molecule has 5 nitrogen and oxygen atoms in total. The predicted octanol–water partition coefficient (Wildman–Crippen LogP) is 2.64. The first-order valence-electron chi connectivity index (χ1n) is 6.29. The van der Waals surface area contributed by atoms with Crippen molar-refractivity contribution in [3.05, 3.63) is 41.7 Å². The van der Waals surface area contributed by atoms with Crippen molar-refractivity contribution in [2.75, 3.05) is 13.6 Å². The topological polar surface area (TPSA) is 70.1 Å². The van der Waals surface area contributed by atoms with Crippen LogP contribution in [0.2, 0.25) is 0 Å². The number of nitrogens with zero attached hydrogens (tertiary/aromatic N) is 3. The van der Waals surface area contributed by atoms with Gasteiger partial charge >= 0.3 is 0 Å². The van der Waals surface area contributed by atoms with Crippen molar-refractivity contribution in [1.29, 1.82) is 5.26 Å².